The molecule has 1 aliphatic rings. The summed E-state index contributed by atoms with van der Waals surface area (Å²) in [5.41, 5.74) is -0.0378. The summed E-state index contributed by atoms with van der Waals surface area (Å²) >= 11 is 2.17. The fourth-order valence-corrected chi connectivity index (χ4v) is 5.16. The molecule has 0 aromatic heterocycles. The Labute approximate surface area is 175 Å². The van der Waals surface area contributed by atoms with Crippen molar-refractivity contribution in [1.29, 1.82) is 0 Å². The standard InChI is InChI=1S/C19H17F3INO3S/c1-2-13-6-7-18-17(10-13)24(12-15(27-18)8-9-23)28(25,26)16-5-3-4-14(11-16)19(20,21)22/h2-7,10-11,15H,1,8-9,12H2. The molecule has 150 valence electrons. The second-order valence-electron chi connectivity index (χ2n) is 6.21. The predicted octanol–water partition coefficient (Wildman–Crippen LogP) is 5.13. The van der Waals surface area contributed by atoms with Crippen molar-refractivity contribution in [3.8, 4) is 5.75 Å². The minimum Gasteiger partial charge on any atom is -0.486 e. The van der Waals surface area contributed by atoms with E-state index in [-0.39, 0.29) is 12.6 Å². The molecule has 1 unspecified atom stereocenters. The van der Waals surface area contributed by atoms with E-state index in [1.165, 1.54) is 6.07 Å². The quantitative estimate of drug-likeness (QED) is 0.404. The number of nitrogens with zero attached hydrogens (tertiary/aromatic N) is 1. The second kappa shape index (κ2) is 7.94. The zero-order valence-corrected chi connectivity index (χ0v) is 17.6. The van der Waals surface area contributed by atoms with Crippen LogP contribution in [-0.4, -0.2) is 25.5 Å². The van der Waals surface area contributed by atoms with Crippen LogP contribution in [0.5, 0.6) is 5.75 Å². The summed E-state index contributed by atoms with van der Waals surface area (Å²) in [5, 5.41) is 0. The summed E-state index contributed by atoms with van der Waals surface area (Å²) < 4.78 is 73.4. The van der Waals surface area contributed by atoms with Gasteiger partial charge in [-0.05, 0) is 42.3 Å². The highest BCUT2D eigenvalue weighted by atomic mass is 127. The Balaban J connectivity index is 2.11. The van der Waals surface area contributed by atoms with Crippen LogP contribution in [0.1, 0.15) is 17.5 Å². The Morgan fingerprint density at radius 2 is 2.00 bits per heavy atom. The molecule has 0 saturated heterocycles. The SMILES string of the molecule is C=Cc1ccc2c(c1)N(S(=O)(=O)c1cccc(C(F)(F)F)c1)CC(CCI)O2. The number of hydrogen-bond acceptors (Lipinski definition) is 3. The van der Waals surface area contributed by atoms with Crippen LogP contribution in [-0.2, 0) is 16.2 Å². The van der Waals surface area contributed by atoms with Crippen LogP contribution in [0.4, 0.5) is 18.9 Å². The monoisotopic (exact) mass is 523 g/mol. The molecule has 1 aliphatic heterocycles. The third-order valence-electron chi connectivity index (χ3n) is 4.33. The van der Waals surface area contributed by atoms with Crippen molar-refractivity contribution in [2.24, 2.45) is 0 Å². The van der Waals surface area contributed by atoms with Gasteiger partial charge in [0.25, 0.3) is 10.0 Å². The lowest BCUT2D eigenvalue weighted by molar-refractivity contribution is -0.137. The van der Waals surface area contributed by atoms with Crippen molar-refractivity contribution in [2.45, 2.75) is 23.6 Å². The van der Waals surface area contributed by atoms with Crippen molar-refractivity contribution in [2.75, 3.05) is 15.3 Å². The maximum Gasteiger partial charge on any atom is 0.416 e. The van der Waals surface area contributed by atoms with Crippen LogP contribution < -0.4 is 9.04 Å². The minimum absolute atomic E-state index is 0.0230. The van der Waals surface area contributed by atoms with Gasteiger partial charge < -0.3 is 4.74 Å². The van der Waals surface area contributed by atoms with Gasteiger partial charge >= 0.3 is 6.18 Å². The molecular formula is C19H17F3INO3S. The van der Waals surface area contributed by atoms with Crippen LogP contribution >= 0.6 is 22.6 Å². The fourth-order valence-electron chi connectivity index (χ4n) is 2.92. The van der Waals surface area contributed by atoms with Gasteiger partial charge in [-0.3, -0.25) is 4.31 Å². The van der Waals surface area contributed by atoms with Crippen LogP contribution in [0.2, 0.25) is 0 Å². The maximum absolute atomic E-state index is 13.3. The molecule has 0 saturated carbocycles. The number of benzene rings is 2. The molecule has 0 spiro atoms. The van der Waals surface area contributed by atoms with Gasteiger partial charge in [-0.1, -0.05) is 47.4 Å². The number of sulfonamides is 1. The summed E-state index contributed by atoms with van der Waals surface area (Å²) in [5.74, 6) is 0.377. The van der Waals surface area contributed by atoms with Crippen molar-refractivity contribution < 1.29 is 26.3 Å². The van der Waals surface area contributed by atoms with Gasteiger partial charge in [-0.15, -0.1) is 0 Å². The van der Waals surface area contributed by atoms with E-state index >= 15 is 0 Å². The summed E-state index contributed by atoms with van der Waals surface area (Å²) in [6.07, 6.45) is -2.85. The predicted molar refractivity (Wildman–Crippen MR) is 110 cm³/mol. The zero-order chi connectivity index (χ0) is 20.5. The van der Waals surface area contributed by atoms with Gasteiger partial charge in [0.1, 0.15) is 11.9 Å². The molecule has 9 heteroatoms. The Bertz CT molecular complexity index is 992. The Morgan fingerprint density at radius 1 is 1.25 bits per heavy atom. The minimum atomic E-state index is -4.63. The number of alkyl halides is 4. The van der Waals surface area contributed by atoms with Gasteiger partial charge in [-0.2, -0.15) is 13.2 Å². The normalized spacial score (nSPS) is 17.0. The van der Waals surface area contributed by atoms with Crippen molar-refractivity contribution in [3.05, 3.63) is 60.2 Å². The highest BCUT2D eigenvalue weighted by Gasteiger charge is 2.36. The molecule has 0 fully saturated rings. The van der Waals surface area contributed by atoms with Crippen LogP contribution in [0, 0.1) is 0 Å². The Kier molecular flexibility index (Phi) is 5.95. The molecule has 0 aliphatic carbocycles. The highest BCUT2D eigenvalue weighted by Crippen LogP contribution is 2.39. The van der Waals surface area contributed by atoms with E-state index in [2.05, 4.69) is 29.2 Å². The first-order valence-electron chi connectivity index (χ1n) is 8.36. The van der Waals surface area contributed by atoms with Crippen LogP contribution in [0.15, 0.2) is 53.9 Å². The second-order valence-corrected chi connectivity index (χ2v) is 9.15. The van der Waals surface area contributed by atoms with Gasteiger partial charge in [0.2, 0.25) is 0 Å². The number of hydrogen-bond donors (Lipinski definition) is 0. The summed E-state index contributed by atoms with van der Waals surface area (Å²) in [6.45, 7) is 3.70. The summed E-state index contributed by atoms with van der Waals surface area (Å²) in [4.78, 5) is -0.410. The van der Waals surface area contributed by atoms with Crippen molar-refractivity contribution >= 4 is 44.4 Å². The lowest BCUT2D eigenvalue weighted by Crippen LogP contribution is -2.43. The van der Waals surface area contributed by atoms with E-state index in [9.17, 15) is 21.6 Å². The molecule has 1 heterocycles. The van der Waals surface area contributed by atoms with Crippen LogP contribution in [0.3, 0.4) is 0 Å². The molecule has 0 bridgehead atoms. The highest BCUT2D eigenvalue weighted by molar-refractivity contribution is 14.1. The largest absolute Gasteiger partial charge is 0.486 e. The van der Waals surface area contributed by atoms with Gasteiger partial charge in [-0.25, -0.2) is 8.42 Å². The Hall–Kier alpha value is -1.75. The topological polar surface area (TPSA) is 46.6 Å². The molecular weight excluding hydrogens is 506 g/mol. The first-order chi connectivity index (χ1) is 13.2. The smallest absolute Gasteiger partial charge is 0.416 e. The van der Waals surface area contributed by atoms with Crippen LogP contribution in [0.25, 0.3) is 6.08 Å². The number of halogens is 4. The number of ether oxygens (including phenoxy) is 1. The summed E-state index contributed by atoms with van der Waals surface area (Å²) in [6, 6.07) is 8.78. The summed E-state index contributed by atoms with van der Waals surface area (Å²) in [7, 11) is -4.22. The average molecular weight is 523 g/mol. The van der Waals surface area contributed by atoms with Gasteiger partial charge in [0.05, 0.1) is 22.7 Å². The lowest BCUT2D eigenvalue weighted by Gasteiger charge is -2.35. The fraction of sp³-hybridized carbons (Fsp3) is 0.263. The number of fused-ring (bicyclic) bond motifs is 1. The molecule has 1 atom stereocenters. The van der Waals surface area contributed by atoms with E-state index in [4.69, 9.17) is 4.74 Å². The van der Waals surface area contributed by atoms with E-state index in [0.29, 0.717) is 29.5 Å². The zero-order valence-electron chi connectivity index (χ0n) is 14.6. The third-order valence-corrected chi connectivity index (χ3v) is 6.73. The van der Waals surface area contributed by atoms with E-state index < -0.39 is 26.7 Å². The first-order valence-corrected chi connectivity index (χ1v) is 11.3. The molecule has 0 amide bonds. The molecule has 2 aromatic carbocycles. The maximum atomic E-state index is 13.3. The Morgan fingerprint density at radius 3 is 2.64 bits per heavy atom. The molecule has 3 rings (SSSR count). The average Bonchev–Trinajstić information content (AvgIpc) is 2.66. The lowest BCUT2D eigenvalue weighted by atomic mass is 10.1. The van der Waals surface area contributed by atoms with E-state index in [0.717, 1.165) is 20.9 Å². The molecule has 2 aromatic rings. The third kappa shape index (κ3) is 4.14. The molecule has 4 nitrogen and oxygen atoms in total. The van der Waals surface area contributed by atoms with Crippen molar-refractivity contribution in [3.63, 3.8) is 0 Å². The molecule has 0 radical (unpaired) electrons. The number of anilines is 1. The molecule has 0 N–H and O–H groups in total. The van der Waals surface area contributed by atoms with Crippen molar-refractivity contribution in [1.82, 2.24) is 0 Å². The first kappa shape index (κ1) is 21.0. The van der Waals surface area contributed by atoms with Gasteiger partial charge in [0.15, 0.2) is 0 Å². The molecule has 28 heavy (non-hydrogen) atoms. The number of rotatable bonds is 5. The van der Waals surface area contributed by atoms with Gasteiger partial charge in [0, 0.05) is 4.43 Å². The van der Waals surface area contributed by atoms with E-state index in [1.807, 2.05) is 0 Å². The van der Waals surface area contributed by atoms with E-state index in [1.54, 1.807) is 24.3 Å².